The Bertz CT molecular complexity index is 95.7. The summed E-state index contributed by atoms with van der Waals surface area (Å²) in [7, 11) is 0. The maximum absolute atomic E-state index is 10.2. The van der Waals surface area contributed by atoms with Crippen LogP contribution in [0.5, 0.6) is 0 Å². The molecule has 0 spiro atoms. The fraction of sp³-hybridized carbons (Fsp3) is 0.250. The first-order valence-electron chi connectivity index (χ1n) is 1.70. The van der Waals surface area contributed by atoms with Gasteiger partial charge in [-0.15, -0.1) is 0 Å². The van der Waals surface area contributed by atoms with Gasteiger partial charge in [-0.1, -0.05) is 0 Å². The molecule has 0 aromatic heterocycles. The van der Waals surface area contributed by atoms with Gasteiger partial charge in [-0.05, 0) is 0 Å². The Kier molecular flexibility index (Phi) is 1.08. The van der Waals surface area contributed by atoms with Gasteiger partial charge in [0.25, 0.3) is 0 Å². The normalized spacial score (nSPS) is 19.7. The molecule has 0 atom stereocenters. The molecule has 0 bridgehead atoms. The summed E-state index contributed by atoms with van der Waals surface area (Å²) in [6.45, 7) is 0. The molecule has 0 N–H and O–H groups in total. The fourth-order valence-corrected chi connectivity index (χ4v) is 1.57. The SMILES string of the molecule is O=C1C=C[Se]C1. The van der Waals surface area contributed by atoms with Crippen molar-refractivity contribution in [3.05, 3.63) is 11.1 Å². The van der Waals surface area contributed by atoms with Gasteiger partial charge >= 0.3 is 41.9 Å². The van der Waals surface area contributed by atoms with E-state index < -0.39 is 0 Å². The van der Waals surface area contributed by atoms with Crippen molar-refractivity contribution in [1.82, 2.24) is 0 Å². The zero-order chi connectivity index (χ0) is 4.41. The van der Waals surface area contributed by atoms with Gasteiger partial charge in [0, 0.05) is 0 Å². The molecule has 1 rings (SSSR count). The molecule has 0 aromatic rings. The second-order valence-corrected chi connectivity index (χ2v) is 2.96. The monoisotopic (exact) mass is 148 g/mol. The van der Waals surface area contributed by atoms with Crippen molar-refractivity contribution in [2.45, 2.75) is 5.32 Å². The molecule has 32 valence electrons. The Balaban J connectivity index is 2.59. The van der Waals surface area contributed by atoms with Crippen LogP contribution in [-0.4, -0.2) is 20.7 Å². The maximum atomic E-state index is 10.2. The first kappa shape index (κ1) is 4.10. The zero-order valence-electron chi connectivity index (χ0n) is 3.18. The molecule has 0 aromatic carbocycles. The van der Waals surface area contributed by atoms with E-state index in [2.05, 4.69) is 0 Å². The number of ketones is 1. The molecule has 6 heavy (non-hydrogen) atoms. The summed E-state index contributed by atoms with van der Waals surface area (Å²) in [5.74, 6) is 0.301. The van der Waals surface area contributed by atoms with E-state index in [-0.39, 0.29) is 0 Å². The quantitative estimate of drug-likeness (QED) is 0.447. The molecule has 1 nitrogen and oxygen atoms in total. The van der Waals surface area contributed by atoms with Crippen molar-refractivity contribution >= 4 is 20.7 Å². The number of hydrogen-bond donors (Lipinski definition) is 0. The Morgan fingerprint density at radius 3 is 2.83 bits per heavy atom. The van der Waals surface area contributed by atoms with Crippen LogP contribution in [-0.2, 0) is 4.79 Å². The number of carbonyl (C=O) groups is 1. The third-order valence-electron chi connectivity index (χ3n) is 0.576. The van der Waals surface area contributed by atoms with Crippen LogP contribution in [0.25, 0.3) is 0 Å². The number of hydrogen-bond acceptors (Lipinski definition) is 1. The fourth-order valence-electron chi connectivity index (χ4n) is 0.302. The topological polar surface area (TPSA) is 17.1 Å². The Morgan fingerprint density at radius 1 is 1.83 bits per heavy atom. The molecule has 1 aliphatic heterocycles. The van der Waals surface area contributed by atoms with Gasteiger partial charge in [-0.25, -0.2) is 0 Å². The summed E-state index contributed by atoms with van der Waals surface area (Å²) >= 11 is 0.511. The van der Waals surface area contributed by atoms with E-state index in [1.165, 1.54) is 0 Å². The van der Waals surface area contributed by atoms with Gasteiger partial charge < -0.3 is 0 Å². The number of rotatable bonds is 0. The van der Waals surface area contributed by atoms with Crippen molar-refractivity contribution in [3.8, 4) is 0 Å². The van der Waals surface area contributed by atoms with Gasteiger partial charge in [-0.3, -0.25) is 0 Å². The molecule has 0 amide bonds. The third kappa shape index (κ3) is 0.702. The molecule has 0 radical (unpaired) electrons. The van der Waals surface area contributed by atoms with Crippen LogP contribution in [0, 0.1) is 0 Å². The van der Waals surface area contributed by atoms with Crippen LogP contribution in [0.4, 0.5) is 0 Å². The number of carbonyl (C=O) groups excluding carboxylic acids is 1. The van der Waals surface area contributed by atoms with Crippen LogP contribution in [0.15, 0.2) is 11.1 Å². The molecule has 0 saturated heterocycles. The van der Waals surface area contributed by atoms with Crippen LogP contribution < -0.4 is 0 Å². The molecule has 0 unspecified atom stereocenters. The minimum absolute atomic E-state index is 0.301. The predicted molar refractivity (Wildman–Crippen MR) is 24.7 cm³/mol. The molecule has 1 heterocycles. The molecule has 0 saturated carbocycles. The van der Waals surface area contributed by atoms with Crippen molar-refractivity contribution in [3.63, 3.8) is 0 Å². The molecule has 2 heteroatoms. The van der Waals surface area contributed by atoms with E-state index in [4.69, 9.17) is 0 Å². The summed E-state index contributed by atoms with van der Waals surface area (Å²) in [5, 5.41) is 0.799. The Hall–Kier alpha value is -0.0705. The van der Waals surface area contributed by atoms with E-state index in [0.717, 1.165) is 5.32 Å². The Morgan fingerprint density at radius 2 is 2.67 bits per heavy atom. The first-order chi connectivity index (χ1) is 2.89. The molecular formula is C4H4OSe. The van der Waals surface area contributed by atoms with Crippen molar-refractivity contribution in [1.29, 1.82) is 0 Å². The van der Waals surface area contributed by atoms with Crippen molar-refractivity contribution < 1.29 is 4.79 Å². The second-order valence-electron chi connectivity index (χ2n) is 1.08. The Labute approximate surface area is 42.6 Å². The average molecular weight is 147 g/mol. The van der Waals surface area contributed by atoms with Gasteiger partial charge in [0.2, 0.25) is 0 Å². The van der Waals surface area contributed by atoms with Crippen LogP contribution in [0.1, 0.15) is 0 Å². The predicted octanol–water partition coefficient (Wildman–Crippen LogP) is 0.205. The van der Waals surface area contributed by atoms with Crippen LogP contribution in [0.3, 0.4) is 0 Å². The summed E-state index contributed by atoms with van der Waals surface area (Å²) in [6.07, 6.45) is 1.67. The second kappa shape index (κ2) is 1.59. The van der Waals surface area contributed by atoms with Crippen LogP contribution in [0.2, 0.25) is 5.32 Å². The minimum atomic E-state index is 0.301. The van der Waals surface area contributed by atoms with Crippen molar-refractivity contribution in [2.24, 2.45) is 0 Å². The third-order valence-corrected chi connectivity index (χ3v) is 2.21. The molecular weight excluding hydrogens is 143 g/mol. The van der Waals surface area contributed by atoms with E-state index in [9.17, 15) is 4.79 Å². The van der Waals surface area contributed by atoms with E-state index >= 15 is 0 Å². The van der Waals surface area contributed by atoms with Gasteiger partial charge in [0.05, 0.1) is 0 Å². The van der Waals surface area contributed by atoms with E-state index in [1.807, 2.05) is 4.97 Å². The van der Waals surface area contributed by atoms with Gasteiger partial charge in [0.15, 0.2) is 0 Å². The molecule has 0 fully saturated rings. The van der Waals surface area contributed by atoms with Gasteiger partial charge in [-0.2, -0.15) is 0 Å². The number of allylic oxidation sites excluding steroid dienone is 1. The zero-order valence-corrected chi connectivity index (χ0v) is 4.89. The average Bonchev–Trinajstić information content (AvgIpc) is 1.86. The van der Waals surface area contributed by atoms with Gasteiger partial charge in [0.1, 0.15) is 0 Å². The first-order valence-corrected chi connectivity index (χ1v) is 3.90. The summed E-state index contributed by atoms with van der Waals surface area (Å²) in [4.78, 5) is 12.1. The molecule has 0 aliphatic carbocycles. The summed E-state index contributed by atoms with van der Waals surface area (Å²) < 4.78 is 0. The summed E-state index contributed by atoms with van der Waals surface area (Å²) in [5.41, 5.74) is 0. The van der Waals surface area contributed by atoms with E-state index in [0.29, 0.717) is 20.7 Å². The standard InChI is InChI=1S/C4H4OSe/c5-4-1-2-6-3-4/h1-2H,3H2. The summed E-state index contributed by atoms with van der Waals surface area (Å²) in [6, 6.07) is 0. The van der Waals surface area contributed by atoms with Crippen molar-refractivity contribution in [2.75, 3.05) is 0 Å². The van der Waals surface area contributed by atoms with Crippen LogP contribution >= 0.6 is 0 Å². The van der Waals surface area contributed by atoms with E-state index in [1.54, 1.807) is 6.08 Å². The molecule has 1 aliphatic rings.